The lowest BCUT2D eigenvalue weighted by molar-refractivity contribution is 1.12. The van der Waals surface area contributed by atoms with E-state index in [0.29, 0.717) is 0 Å². The molecule has 0 bridgehead atoms. The molecular weight excluding hydrogens is 164 g/mol. The second-order valence-corrected chi connectivity index (χ2v) is 3.84. The van der Waals surface area contributed by atoms with Crippen LogP contribution in [0.4, 0.5) is 0 Å². The van der Waals surface area contributed by atoms with Crippen LogP contribution in [0, 0.1) is 6.92 Å². The van der Waals surface area contributed by atoms with Crippen LogP contribution >= 0.6 is 11.3 Å². The number of hydrogen-bond donors (Lipinski definition) is 0. The summed E-state index contributed by atoms with van der Waals surface area (Å²) in [5.74, 6) is 0. The smallest absolute Gasteiger partial charge is 0.00490 e. The van der Waals surface area contributed by atoms with Crippen LogP contribution in [0.5, 0.6) is 0 Å². The molecule has 0 aliphatic heterocycles. The molecule has 0 saturated carbocycles. The van der Waals surface area contributed by atoms with Gasteiger partial charge in [-0.25, -0.2) is 0 Å². The van der Waals surface area contributed by atoms with E-state index in [1.54, 1.807) is 0 Å². The van der Waals surface area contributed by atoms with Gasteiger partial charge in [-0.05, 0) is 31.4 Å². The zero-order chi connectivity index (χ0) is 9.56. The summed E-state index contributed by atoms with van der Waals surface area (Å²) in [5.41, 5.74) is 1.53. The Morgan fingerprint density at radius 2 is 1.75 bits per heavy atom. The number of thiophene rings is 1. The average Bonchev–Trinajstić information content (AvgIpc) is 2.49. The molecule has 1 heteroatoms. The summed E-state index contributed by atoms with van der Waals surface area (Å²) in [6, 6.07) is 2.33. The lowest BCUT2D eigenvalue weighted by Crippen LogP contribution is -1.75. The van der Waals surface area contributed by atoms with Crippen molar-refractivity contribution in [2.24, 2.45) is 0 Å². The van der Waals surface area contributed by atoms with Gasteiger partial charge in [-0.2, -0.15) is 0 Å². The predicted molar refractivity (Wildman–Crippen MR) is 59.2 cm³/mol. The molecule has 0 fully saturated rings. The third-order valence-corrected chi connectivity index (χ3v) is 3.04. The van der Waals surface area contributed by atoms with Crippen LogP contribution in [0.1, 0.15) is 43.0 Å². The first-order valence-electron chi connectivity index (χ1n) is 4.86. The average molecular weight is 184 g/mol. The maximum Gasteiger partial charge on any atom is 0.00490 e. The van der Waals surface area contributed by atoms with E-state index >= 15 is 0 Å². The van der Waals surface area contributed by atoms with Gasteiger partial charge in [0.1, 0.15) is 0 Å². The topological polar surface area (TPSA) is 0 Å². The van der Waals surface area contributed by atoms with Crippen LogP contribution in [0.3, 0.4) is 0 Å². The SMILES string of the molecule is CC.CCc1cc(CC)c(C)s1. The van der Waals surface area contributed by atoms with Crippen LogP contribution in [-0.2, 0) is 12.8 Å². The van der Waals surface area contributed by atoms with Gasteiger partial charge in [0.25, 0.3) is 0 Å². The first-order chi connectivity index (χ1) is 5.77. The Bertz CT molecular complexity index is 211. The van der Waals surface area contributed by atoms with E-state index in [-0.39, 0.29) is 0 Å². The van der Waals surface area contributed by atoms with Gasteiger partial charge >= 0.3 is 0 Å². The van der Waals surface area contributed by atoms with E-state index in [1.807, 2.05) is 25.2 Å². The zero-order valence-corrected chi connectivity index (χ0v) is 9.72. The van der Waals surface area contributed by atoms with Gasteiger partial charge in [-0.1, -0.05) is 27.7 Å². The summed E-state index contributed by atoms with van der Waals surface area (Å²) in [4.78, 5) is 3.02. The van der Waals surface area contributed by atoms with Crippen molar-refractivity contribution in [3.8, 4) is 0 Å². The van der Waals surface area contributed by atoms with E-state index in [4.69, 9.17) is 0 Å². The molecule has 0 atom stereocenters. The molecule has 0 N–H and O–H groups in total. The van der Waals surface area contributed by atoms with Crippen molar-refractivity contribution in [3.05, 3.63) is 21.4 Å². The fraction of sp³-hybridized carbons (Fsp3) is 0.636. The second-order valence-electron chi connectivity index (χ2n) is 2.50. The molecule has 1 aromatic heterocycles. The van der Waals surface area contributed by atoms with E-state index in [0.717, 1.165) is 0 Å². The minimum Gasteiger partial charge on any atom is -0.145 e. The van der Waals surface area contributed by atoms with Crippen molar-refractivity contribution in [3.63, 3.8) is 0 Å². The molecule has 0 radical (unpaired) electrons. The van der Waals surface area contributed by atoms with Gasteiger partial charge in [-0.15, -0.1) is 11.3 Å². The molecule has 1 aromatic rings. The van der Waals surface area contributed by atoms with E-state index < -0.39 is 0 Å². The normalized spacial score (nSPS) is 9.08. The van der Waals surface area contributed by atoms with Crippen molar-refractivity contribution < 1.29 is 0 Å². The summed E-state index contributed by atoms with van der Waals surface area (Å²) >= 11 is 1.94. The highest BCUT2D eigenvalue weighted by molar-refractivity contribution is 7.12. The first kappa shape index (κ1) is 11.7. The summed E-state index contributed by atoms with van der Waals surface area (Å²) in [6.07, 6.45) is 2.37. The third kappa shape index (κ3) is 2.98. The van der Waals surface area contributed by atoms with Crippen LogP contribution in [-0.4, -0.2) is 0 Å². The molecule has 0 spiro atoms. The van der Waals surface area contributed by atoms with Crippen LogP contribution in [0.25, 0.3) is 0 Å². The number of rotatable bonds is 2. The summed E-state index contributed by atoms with van der Waals surface area (Å²) in [6.45, 7) is 10.6. The summed E-state index contributed by atoms with van der Waals surface area (Å²) in [7, 11) is 0. The van der Waals surface area contributed by atoms with Crippen molar-refractivity contribution in [2.75, 3.05) is 0 Å². The zero-order valence-electron chi connectivity index (χ0n) is 8.90. The van der Waals surface area contributed by atoms with Crippen molar-refractivity contribution >= 4 is 11.3 Å². The number of hydrogen-bond acceptors (Lipinski definition) is 1. The molecule has 0 unspecified atom stereocenters. The van der Waals surface area contributed by atoms with Gasteiger partial charge in [0.05, 0.1) is 0 Å². The highest BCUT2D eigenvalue weighted by Gasteiger charge is 2.00. The fourth-order valence-corrected chi connectivity index (χ4v) is 2.19. The first-order valence-corrected chi connectivity index (χ1v) is 5.67. The Labute approximate surface area is 80.6 Å². The molecule has 0 aromatic carbocycles. The predicted octanol–water partition coefficient (Wildman–Crippen LogP) is 4.21. The lowest BCUT2D eigenvalue weighted by atomic mass is 10.2. The van der Waals surface area contributed by atoms with Gasteiger partial charge in [0.2, 0.25) is 0 Å². The number of aryl methyl sites for hydroxylation is 3. The maximum atomic E-state index is 2.33. The molecule has 0 aliphatic carbocycles. The Hall–Kier alpha value is -0.300. The Kier molecular flexibility index (Phi) is 6.09. The monoisotopic (exact) mass is 184 g/mol. The molecule has 0 amide bonds. The Balaban J connectivity index is 0.000000561. The quantitative estimate of drug-likeness (QED) is 0.646. The van der Waals surface area contributed by atoms with Crippen LogP contribution in [0.15, 0.2) is 6.07 Å². The summed E-state index contributed by atoms with van der Waals surface area (Å²) in [5, 5.41) is 0. The molecule has 1 rings (SSSR count). The molecule has 70 valence electrons. The van der Waals surface area contributed by atoms with Crippen LogP contribution < -0.4 is 0 Å². The highest BCUT2D eigenvalue weighted by Crippen LogP contribution is 2.21. The third-order valence-electron chi connectivity index (χ3n) is 1.80. The standard InChI is InChI=1S/C9H14S.C2H6/c1-4-8-6-9(5-2)10-7(8)3;1-2/h6H,4-5H2,1-3H3;1-2H3. The van der Waals surface area contributed by atoms with Gasteiger partial charge in [0, 0.05) is 9.75 Å². The fourth-order valence-electron chi connectivity index (χ4n) is 1.11. The molecular formula is C11H20S. The molecule has 12 heavy (non-hydrogen) atoms. The van der Waals surface area contributed by atoms with Crippen LogP contribution in [0.2, 0.25) is 0 Å². The van der Waals surface area contributed by atoms with Gasteiger partial charge in [-0.3, -0.25) is 0 Å². The lowest BCUT2D eigenvalue weighted by Gasteiger charge is -1.87. The second kappa shape index (κ2) is 6.24. The Morgan fingerprint density at radius 1 is 1.17 bits per heavy atom. The van der Waals surface area contributed by atoms with E-state index in [2.05, 4.69) is 26.8 Å². The Morgan fingerprint density at radius 3 is 2.00 bits per heavy atom. The van der Waals surface area contributed by atoms with Crippen molar-refractivity contribution in [2.45, 2.75) is 47.5 Å². The minimum absolute atomic E-state index is 1.18. The molecule has 1 heterocycles. The van der Waals surface area contributed by atoms with Crippen molar-refractivity contribution in [1.82, 2.24) is 0 Å². The molecule has 0 saturated heterocycles. The summed E-state index contributed by atoms with van der Waals surface area (Å²) < 4.78 is 0. The van der Waals surface area contributed by atoms with Crippen molar-refractivity contribution in [1.29, 1.82) is 0 Å². The minimum atomic E-state index is 1.18. The maximum absolute atomic E-state index is 2.33. The highest BCUT2D eigenvalue weighted by atomic mass is 32.1. The van der Waals surface area contributed by atoms with Gasteiger partial charge < -0.3 is 0 Å². The van der Waals surface area contributed by atoms with Gasteiger partial charge in [0.15, 0.2) is 0 Å². The molecule has 0 nitrogen and oxygen atoms in total. The van der Waals surface area contributed by atoms with E-state index in [9.17, 15) is 0 Å². The van der Waals surface area contributed by atoms with E-state index in [1.165, 1.54) is 28.2 Å². The molecule has 0 aliphatic rings. The largest absolute Gasteiger partial charge is 0.145 e.